The summed E-state index contributed by atoms with van der Waals surface area (Å²) in [6, 6.07) is 2.15. The van der Waals surface area contributed by atoms with Gasteiger partial charge in [-0.05, 0) is 11.6 Å². The maximum atomic E-state index is 12.8. The highest BCUT2D eigenvalue weighted by Gasteiger charge is 2.37. The van der Waals surface area contributed by atoms with E-state index in [9.17, 15) is 22.0 Å². The summed E-state index contributed by atoms with van der Waals surface area (Å²) >= 11 is 2.78. The van der Waals surface area contributed by atoms with Gasteiger partial charge in [0.2, 0.25) is 0 Å². The Kier molecular flexibility index (Phi) is 4.62. The highest BCUT2D eigenvalue weighted by molar-refractivity contribution is 9.08. The van der Waals surface area contributed by atoms with Crippen molar-refractivity contribution in [2.24, 2.45) is 0 Å². The average Bonchev–Trinajstić information content (AvgIpc) is 2.26. The van der Waals surface area contributed by atoms with Gasteiger partial charge < -0.3 is 0 Å². The summed E-state index contributed by atoms with van der Waals surface area (Å²) < 4.78 is 63.4. The van der Waals surface area contributed by atoms with Gasteiger partial charge in [0.05, 0.1) is 23.7 Å². The molecule has 0 amide bonds. The van der Waals surface area contributed by atoms with Crippen molar-refractivity contribution in [2.75, 3.05) is 0 Å². The van der Waals surface area contributed by atoms with Crippen LogP contribution in [-0.4, -0.2) is 4.98 Å². The molecule has 0 aliphatic carbocycles. The average molecular weight is 329 g/mol. The van der Waals surface area contributed by atoms with Gasteiger partial charge in [-0.1, -0.05) is 15.9 Å². The molecule has 0 bridgehead atoms. The second kappa shape index (κ2) is 5.61. The third-order valence-electron chi connectivity index (χ3n) is 2.10. The van der Waals surface area contributed by atoms with Crippen molar-refractivity contribution < 1.29 is 22.0 Å². The molecule has 0 aromatic carbocycles. The molecule has 0 radical (unpaired) electrons. The highest BCUT2D eigenvalue weighted by Crippen LogP contribution is 2.36. The lowest BCUT2D eigenvalue weighted by Crippen LogP contribution is -2.15. The van der Waals surface area contributed by atoms with E-state index in [1.807, 2.05) is 0 Å². The highest BCUT2D eigenvalue weighted by atomic mass is 79.9. The van der Waals surface area contributed by atoms with E-state index in [-0.39, 0.29) is 5.33 Å². The summed E-state index contributed by atoms with van der Waals surface area (Å²) in [5.41, 5.74) is -2.90. The van der Waals surface area contributed by atoms with Gasteiger partial charge in [-0.25, -0.2) is 8.78 Å². The van der Waals surface area contributed by atoms with Gasteiger partial charge >= 0.3 is 6.18 Å². The summed E-state index contributed by atoms with van der Waals surface area (Å²) in [5, 5.41) is 8.15. The Balaban J connectivity index is 3.52. The van der Waals surface area contributed by atoms with Crippen LogP contribution in [0.4, 0.5) is 22.0 Å². The Morgan fingerprint density at radius 1 is 1.39 bits per heavy atom. The predicted molar refractivity (Wildman–Crippen MR) is 56.1 cm³/mol. The molecule has 0 spiro atoms. The predicted octanol–water partition coefficient (Wildman–Crippen LogP) is 4.00. The zero-order valence-corrected chi connectivity index (χ0v) is 10.3. The summed E-state index contributed by atoms with van der Waals surface area (Å²) in [4.78, 5) is 3.27. The molecule has 1 heterocycles. The van der Waals surface area contributed by atoms with Crippen molar-refractivity contribution in [2.45, 2.75) is 24.4 Å². The third kappa shape index (κ3) is 3.16. The Bertz CT molecular complexity index is 478. The number of pyridine rings is 1. The van der Waals surface area contributed by atoms with Gasteiger partial charge in [-0.2, -0.15) is 18.4 Å². The van der Waals surface area contributed by atoms with Crippen molar-refractivity contribution in [3.05, 3.63) is 28.6 Å². The van der Waals surface area contributed by atoms with Crippen LogP contribution in [0.15, 0.2) is 6.07 Å². The molecule has 1 aromatic heterocycles. The van der Waals surface area contributed by atoms with Gasteiger partial charge in [0.25, 0.3) is 6.43 Å². The van der Waals surface area contributed by atoms with Crippen molar-refractivity contribution in [3.63, 3.8) is 0 Å². The minimum Gasteiger partial charge on any atom is -0.250 e. The number of hydrogen-bond donors (Lipinski definition) is 0. The van der Waals surface area contributed by atoms with Gasteiger partial charge in [-0.3, -0.25) is 4.98 Å². The number of halogens is 6. The lowest BCUT2D eigenvalue weighted by atomic mass is 10.0. The van der Waals surface area contributed by atoms with Crippen molar-refractivity contribution >= 4 is 15.9 Å². The van der Waals surface area contributed by atoms with E-state index in [0.717, 1.165) is 0 Å². The molecule has 0 unspecified atom stereocenters. The standard InChI is InChI=1S/C10H6BrF5N2/c11-4-7-8(10(14,15)16)5(1-2-17)3-6(18-7)9(12)13/h3,9H,1,4H2. The molecule has 0 atom stereocenters. The monoisotopic (exact) mass is 328 g/mol. The molecule has 2 nitrogen and oxygen atoms in total. The molecule has 0 aliphatic rings. The van der Waals surface area contributed by atoms with Crippen molar-refractivity contribution in [1.82, 2.24) is 4.98 Å². The molecule has 1 rings (SSSR count). The van der Waals surface area contributed by atoms with Crippen LogP contribution in [0.3, 0.4) is 0 Å². The maximum absolute atomic E-state index is 12.8. The quantitative estimate of drug-likeness (QED) is 0.621. The first-order valence-electron chi connectivity index (χ1n) is 4.62. The number of nitriles is 1. The van der Waals surface area contributed by atoms with E-state index in [0.29, 0.717) is 6.07 Å². The zero-order valence-electron chi connectivity index (χ0n) is 8.73. The van der Waals surface area contributed by atoms with Crippen LogP contribution in [0, 0.1) is 11.3 Å². The third-order valence-corrected chi connectivity index (χ3v) is 2.63. The van der Waals surface area contributed by atoms with Crippen LogP contribution >= 0.6 is 15.9 Å². The van der Waals surface area contributed by atoms with Crippen LogP contribution in [0.5, 0.6) is 0 Å². The second-order valence-corrected chi connectivity index (χ2v) is 3.86. The normalized spacial score (nSPS) is 11.7. The summed E-state index contributed by atoms with van der Waals surface area (Å²) in [6.45, 7) is 0. The number of rotatable bonds is 3. The lowest BCUT2D eigenvalue weighted by Gasteiger charge is -2.16. The molecule has 98 valence electrons. The molecule has 8 heteroatoms. The van der Waals surface area contributed by atoms with E-state index >= 15 is 0 Å². The summed E-state index contributed by atoms with van der Waals surface area (Å²) in [6.07, 6.45) is -8.32. The van der Waals surface area contributed by atoms with E-state index < -0.39 is 41.5 Å². The molecule has 0 saturated carbocycles. The number of nitrogens with zero attached hydrogens (tertiary/aromatic N) is 2. The number of hydrogen-bond acceptors (Lipinski definition) is 2. The first kappa shape index (κ1) is 14.8. The van der Waals surface area contributed by atoms with Crippen LogP contribution in [0.1, 0.15) is 28.9 Å². The van der Waals surface area contributed by atoms with Crippen LogP contribution in [-0.2, 0) is 17.9 Å². The van der Waals surface area contributed by atoms with Crippen molar-refractivity contribution in [3.8, 4) is 6.07 Å². The Labute approximate surface area is 108 Å². The first-order valence-corrected chi connectivity index (χ1v) is 5.74. The van der Waals surface area contributed by atoms with E-state index in [4.69, 9.17) is 5.26 Å². The van der Waals surface area contributed by atoms with Gasteiger partial charge in [0.15, 0.2) is 0 Å². The molecule has 0 saturated heterocycles. The fourth-order valence-corrected chi connectivity index (χ4v) is 1.86. The number of aromatic nitrogens is 1. The molecule has 18 heavy (non-hydrogen) atoms. The molecule has 1 aromatic rings. The van der Waals surface area contributed by atoms with Gasteiger partial charge in [0, 0.05) is 5.33 Å². The molecule has 0 aliphatic heterocycles. The topological polar surface area (TPSA) is 36.7 Å². The summed E-state index contributed by atoms with van der Waals surface area (Å²) in [5.74, 6) is 0. The number of alkyl halides is 6. The smallest absolute Gasteiger partial charge is 0.250 e. The molecule has 0 N–H and O–H groups in total. The second-order valence-electron chi connectivity index (χ2n) is 3.29. The fraction of sp³-hybridized carbons (Fsp3) is 0.400. The summed E-state index contributed by atoms with van der Waals surface area (Å²) in [7, 11) is 0. The van der Waals surface area contributed by atoms with Crippen LogP contribution in [0.2, 0.25) is 0 Å². The Hall–Kier alpha value is -1.23. The maximum Gasteiger partial charge on any atom is 0.418 e. The molecular weight excluding hydrogens is 323 g/mol. The SMILES string of the molecule is N#CCc1cc(C(F)F)nc(CBr)c1C(F)(F)F. The minimum absolute atomic E-state index is 0.319. The van der Waals surface area contributed by atoms with Crippen molar-refractivity contribution in [1.29, 1.82) is 5.26 Å². The Morgan fingerprint density at radius 3 is 2.39 bits per heavy atom. The first-order chi connectivity index (χ1) is 8.31. The Morgan fingerprint density at radius 2 is 2.00 bits per heavy atom. The van der Waals surface area contributed by atoms with Gasteiger partial charge in [0.1, 0.15) is 5.69 Å². The molecular formula is C10H6BrF5N2. The molecule has 0 fully saturated rings. The fourth-order valence-electron chi connectivity index (χ4n) is 1.46. The minimum atomic E-state index is -4.73. The lowest BCUT2D eigenvalue weighted by molar-refractivity contribution is -0.138. The largest absolute Gasteiger partial charge is 0.418 e. The van der Waals surface area contributed by atoms with E-state index in [2.05, 4.69) is 20.9 Å². The van der Waals surface area contributed by atoms with Crippen LogP contribution in [0.25, 0.3) is 0 Å². The van der Waals surface area contributed by atoms with E-state index in [1.54, 1.807) is 0 Å². The van der Waals surface area contributed by atoms with E-state index in [1.165, 1.54) is 6.07 Å². The van der Waals surface area contributed by atoms with Gasteiger partial charge in [-0.15, -0.1) is 0 Å². The zero-order chi connectivity index (χ0) is 13.9. The van der Waals surface area contributed by atoms with Crippen LogP contribution < -0.4 is 0 Å².